The van der Waals surface area contributed by atoms with Crippen molar-refractivity contribution in [2.24, 2.45) is 0 Å². The molecule has 1 aromatic carbocycles. The molecule has 0 spiro atoms. The van der Waals surface area contributed by atoms with Crippen LogP contribution in [0, 0.1) is 0 Å². The highest BCUT2D eigenvalue weighted by atomic mass is 16.5. The van der Waals surface area contributed by atoms with Gasteiger partial charge < -0.3 is 15.2 Å². The number of hydrogen-bond donors (Lipinski definition) is 2. The quantitative estimate of drug-likeness (QED) is 0.682. The monoisotopic (exact) mass is 340 g/mol. The topological polar surface area (TPSA) is 80.2 Å². The van der Waals surface area contributed by atoms with Crippen molar-refractivity contribution in [3.05, 3.63) is 55.8 Å². The van der Waals surface area contributed by atoms with Gasteiger partial charge >= 0.3 is 0 Å². The van der Waals surface area contributed by atoms with Crippen molar-refractivity contribution in [2.75, 3.05) is 12.4 Å². The minimum absolute atomic E-state index is 0.309. The molecule has 2 aromatic rings. The first-order chi connectivity index (χ1) is 12.0. The van der Waals surface area contributed by atoms with Crippen LogP contribution in [0.1, 0.15) is 19.8 Å². The van der Waals surface area contributed by atoms with Crippen LogP contribution in [0.3, 0.4) is 0 Å². The number of methoxy groups -OCH3 is 1. The van der Waals surface area contributed by atoms with Crippen LogP contribution in [0.5, 0.6) is 5.75 Å². The Kier molecular flexibility index (Phi) is 6.25. The summed E-state index contributed by atoms with van der Waals surface area (Å²) in [5.74, 6) is 1.13. The zero-order valence-electron chi connectivity index (χ0n) is 14.6. The van der Waals surface area contributed by atoms with Gasteiger partial charge in [0, 0.05) is 5.56 Å². The lowest BCUT2D eigenvalue weighted by atomic mass is 9.88. The van der Waals surface area contributed by atoms with Crippen LogP contribution >= 0.6 is 0 Å². The molecule has 0 radical (unpaired) electrons. The van der Waals surface area contributed by atoms with Crippen molar-refractivity contribution in [1.82, 2.24) is 15.2 Å². The molecule has 0 saturated carbocycles. The van der Waals surface area contributed by atoms with E-state index in [0.29, 0.717) is 24.5 Å². The summed E-state index contributed by atoms with van der Waals surface area (Å²) in [6.45, 7) is 9.29. The van der Waals surface area contributed by atoms with Gasteiger partial charge in [-0.05, 0) is 44.0 Å². The molecule has 2 rings (SSSR count). The third-order valence-corrected chi connectivity index (χ3v) is 4.09. The standard InChI is InChI=1S/C19H24N4O2/c1-5-11-19(24,12-6-2)14(3)21-18-22-17(13-20-23-18)15-7-9-16(25-4)10-8-15/h5-10,13-14,24H,1-2,11-12H2,3-4H3,(H,21,22,23)/t14-/m1/s1. The lowest BCUT2D eigenvalue weighted by Gasteiger charge is -2.33. The van der Waals surface area contributed by atoms with Gasteiger partial charge in [-0.25, -0.2) is 4.98 Å². The van der Waals surface area contributed by atoms with E-state index in [2.05, 4.69) is 33.7 Å². The summed E-state index contributed by atoms with van der Waals surface area (Å²) in [4.78, 5) is 4.48. The van der Waals surface area contributed by atoms with Crippen LogP contribution in [0.4, 0.5) is 5.95 Å². The molecule has 1 atom stereocenters. The first-order valence-corrected chi connectivity index (χ1v) is 8.07. The average Bonchev–Trinajstić information content (AvgIpc) is 2.62. The Morgan fingerprint density at radius 2 is 1.88 bits per heavy atom. The molecule has 0 fully saturated rings. The van der Waals surface area contributed by atoms with Crippen LogP contribution < -0.4 is 10.1 Å². The second-order valence-corrected chi connectivity index (χ2v) is 5.85. The van der Waals surface area contributed by atoms with Gasteiger partial charge in [-0.3, -0.25) is 0 Å². The highest BCUT2D eigenvalue weighted by molar-refractivity contribution is 5.60. The number of nitrogens with one attached hydrogen (secondary N) is 1. The van der Waals surface area contributed by atoms with E-state index < -0.39 is 5.60 Å². The van der Waals surface area contributed by atoms with Crippen molar-refractivity contribution in [3.8, 4) is 17.0 Å². The number of anilines is 1. The fourth-order valence-electron chi connectivity index (χ4n) is 2.53. The van der Waals surface area contributed by atoms with Crippen molar-refractivity contribution in [1.29, 1.82) is 0 Å². The first-order valence-electron chi connectivity index (χ1n) is 8.07. The molecule has 132 valence electrons. The van der Waals surface area contributed by atoms with Crippen molar-refractivity contribution in [2.45, 2.75) is 31.4 Å². The van der Waals surface area contributed by atoms with Gasteiger partial charge in [0.1, 0.15) is 5.75 Å². The molecule has 0 bridgehead atoms. The van der Waals surface area contributed by atoms with E-state index in [0.717, 1.165) is 11.3 Å². The third kappa shape index (κ3) is 4.64. The number of aromatic nitrogens is 3. The van der Waals surface area contributed by atoms with Gasteiger partial charge in [0.15, 0.2) is 0 Å². The van der Waals surface area contributed by atoms with Gasteiger partial charge in [-0.15, -0.1) is 18.3 Å². The molecule has 0 aliphatic rings. The molecule has 0 saturated heterocycles. The van der Waals surface area contributed by atoms with E-state index in [1.807, 2.05) is 31.2 Å². The molecule has 0 unspecified atom stereocenters. The summed E-state index contributed by atoms with van der Waals surface area (Å²) < 4.78 is 5.16. The summed E-state index contributed by atoms with van der Waals surface area (Å²) in [5, 5.41) is 21.9. The summed E-state index contributed by atoms with van der Waals surface area (Å²) >= 11 is 0. The zero-order chi connectivity index (χ0) is 18.3. The van der Waals surface area contributed by atoms with E-state index in [9.17, 15) is 5.11 Å². The van der Waals surface area contributed by atoms with Gasteiger partial charge in [-0.2, -0.15) is 5.10 Å². The predicted molar refractivity (Wildman–Crippen MR) is 99.5 cm³/mol. The Hall–Kier alpha value is -2.73. The molecule has 25 heavy (non-hydrogen) atoms. The Morgan fingerprint density at radius 3 is 2.44 bits per heavy atom. The van der Waals surface area contributed by atoms with Gasteiger partial charge in [-0.1, -0.05) is 12.2 Å². The molecular formula is C19H24N4O2. The van der Waals surface area contributed by atoms with Gasteiger partial charge in [0.25, 0.3) is 0 Å². The van der Waals surface area contributed by atoms with Crippen LogP contribution in [-0.2, 0) is 0 Å². The maximum absolute atomic E-state index is 10.8. The minimum Gasteiger partial charge on any atom is -0.497 e. The van der Waals surface area contributed by atoms with Crippen molar-refractivity contribution in [3.63, 3.8) is 0 Å². The Labute approximate surface area is 148 Å². The molecule has 2 N–H and O–H groups in total. The summed E-state index contributed by atoms with van der Waals surface area (Å²) in [6, 6.07) is 7.22. The second kappa shape index (κ2) is 8.39. The SMILES string of the molecule is C=CCC(O)(CC=C)[C@@H](C)Nc1nncc(-c2ccc(OC)cc2)n1. The van der Waals surface area contributed by atoms with E-state index in [1.54, 1.807) is 25.5 Å². The normalized spacial score (nSPS) is 12.3. The average molecular weight is 340 g/mol. The predicted octanol–water partition coefficient (Wildman–Crippen LogP) is 3.23. The van der Waals surface area contributed by atoms with E-state index in [-0.39, 0.29) is 6.04 Å². The van der Waals surface area contributed by atoms with Gasteiger partial charge in [0.05, 0.1) is 30.6 Å². The Balaban J connectivity index is 2.19. The minimum atomic E-state index is -1.01. The fraction of sp³-hybridized carbons (Fsp3) is 0.316. The lowest BCUT2D eigenvalue weighted by molar-refractivity contribution is 0.0314. The number of rotatable bonds is 9. The maximum atomic E-state index is 10.8. The molecule has 1 heterocycles. The smallest absolute Gasteiger partial charge is 0.243 e. The van der Waals surface area contributed by atoms with E-state index >= 15 is 0 Å². The Morgan fingerprint density at radius 1 is 1.24 bits per heavy atom. The van der Waals surface area contributed by atoms with Crippen LogP contribution in [0.2, 0.25) is 0 Å². The van der Waals surface area contributed by atoms with E-state index in [1.165, 1.54) is 0 Å². The fourth-order valence-corrected chi connectivity index (χ4v) is 2.53. The number of ether oxygens (including phenoxy) is 1. The van der Waals surface area contributed by atoms with Crippen LogP contribution in [0.15, 0.2) is 55.8 Å². The highest BCUT2D eigenvalue weighted by Crippen LogP contribution is 2.24. The summed E-state index contributed by atoms with van der Waals surface area (Å²) in [6.07, 6.45) is 5.83. The molecule has 0 aliphatic heterocycles. The second-order valence-electron chi connectivity index (χ2n) is 5.85. The summed E-state index contributed by atoms with van der Waals surface area (Å²) in [7, 11) is 1.62. The first kappa shape index (κ1) is 18.6. The number of benzene rings is 1. The number of nitrogens with zero attached hydrogens (tertiary/aromatic N) is 3. The summed E-state index contributed by atoms with van der Waals surface area (Å²) in [5.41, 5.74) is 0.574. The zero-order valence-corrected chi connectivity index (χ0v) is 14.6. The van der Waals surface area contributed by atoms with Crippen molar-refractivity contribution >= 4 is 5.95 Å². The number of hydrogen-bond acceptors (Lipinski definition) is 6. The highest BCUT2D eigenvalue weighted by Gasteiger charge is 2.31. The molecule has 0 amide bonds. The number of aliphatic hydroxyl groups is 1. The Bertz CT molecular complexity index is 706. The lowest BCUT2D eigenvalue weighted by Crippen LogP contribution is -2.44. The van der Waals surface area contributed by atoms with Crippen LogP contribution in [-0.4, -0.2) is 39.0 Å². The van der Waals surface area contributed by atoms with Crippen LogP contribution in [0.25, 0.3) is 11.3 Å². The van der Waals surface area contributed by atoms with Crippen molar-refractivity contribution < 1.29 is 9.84 Å². The molecule has 6 nitrogen and oxygen atoms in total. The molecule has 0 aliphatic carbocycles. The molecule has 1 aromatic heterocycles. The molecule has 6 heteroatoms. The molecular weight excluding hydrogens is 316 g/mol. The van der Waals surface area contributed by atoms with Gasteiger partial charge in [0.2, 0.25) is 5.95 Å². The van der Waals surface area contributed by atoms with E-state index in [4.69, 9.17) is 4.74 Å². The third-order valence-electron chi connectivity index (χ3n) is 4.09. The maximum Gasteiger partial charge on any atom is 0.243 e. The largest absolute Gasteiger partial charge is 0.497 e.